The van der Waals surface area contributed by atoms with Gasteiger partial charge in [0.2, 0.25) is 0 Å². The lowest BCUT2D eigenvalue weighted by molar-refractivity contribution is 0.112. The van der Waals surface area contributed by atoms with E-state index in [4.69, 9.17) is 0 Å². The van der Waals surface area contributed by atoms with Crippen molar-refractivity contribution in [2.45, 2.75) is 84.1 Å². The highest BCUT2D eigenvalue weighted by molar-refractivity contribution is 8.06. The number of hydrogen-bond acceptors (Lipinski definition) is 6. The van der Waals surface area contributed by atoms with Crippen molar-refractivity contribution in [3.63, 3.8) is 0 Å². The molecule has 6 heteroatoms. The third kappa shape index (κ3) is 10.4. The predicted molar refractivity (Wildman–Crippen MR) is 180 cm³/mol. The van der Waals surface area contributed by atoms with E-state index >= 15 is 0 Å². The van der Waals surface area contributed by atoms with Crippen molar-refractivity contribution >= 4 is 29.0 Å². The van der Waals surface area contributed by atoms with Crippen LogP contribution in [0, 0.1) is 5.92 Å². The van der Waals surface area contributed by atoms with E-state index in [1.807, 2.05) is 36.0 Å². The molecule has 226 valence electrons. The number of likely N-dealkylation sites (tertiary alicyclic amines) is 1. The summed E-state index contributed by atoms with van der Waals surface area (Å²) in [6.07, 6.45) is 15.2. The van der Waals surface area contributed by atoms with Gasteiger partial charge < -0.3 is 10.6 Å². The minimum Gasteiger partial charge on any atom is -0.361 e. The fourth-order valence-electron chi connectivity index (χ4n) is 6.14. The number of aldehydes is 1. The maximum absolute atomic E-state index is 10.6. The molecule has 0 radical (unpaired) electrons. The summed E-state index contributed by atoms with van der Waals surface area (Å²) >= 11 is 1.96. The van der Waals surface area contributed by atoms with Crippen molar-refractivity contribution in [3.8, 4) is 0 Å². The topological polar surface area (TPSA) is 62.5 Å². The highest BCUT2D eigenvalue weighted by atomic mass is 32.2. The van der Waals surface area contributed by atoms with Crippen LogP contribution >= 0.6 is 11.8 Å². The zero-order chi connectivity index (χ0) is 30.3. The third-order valence-electron chi connectivity index (χ3n) is 8.42. The molecule has 5 rings (SSSR count). The van der Waals surface area contributed by atoms with Crippen LogP contribution in [0.2, 0.25) is 0 Å². The molecule has 2 aromatic rings. The van der Waals surface area contributed by atoms with Crippen LogP contribution in [0.3, 0.4) is 0 Å². The lowest BCUT2D eigenvalue weighted by Gasteiger charge is -2.36. The SMILES string of the molecule is C=C.C=C(SC1=C(C)CN(CCC2CCCCC2)CC1)N1CCCC1(C)C.CN.O=Cc1cccc2ncccc12. The second kappa shape index (κ2) is 18.2. The number of hydrogen-bond donors (Lipinski definition) is 1. The molecule has 1 aromatic heterocycles. The number of nitrogens with two attached hydrogens (primary N) is 1. The van der Waals surface area contributed by atoms with Crippen LogP contribution in [0.15, 0.2) is 71.8 Å². The Balaban J connectivity index is 0.000000306. The number of pyridine rings is 1. The fourth-order valence-corrected chi connectivity index (χ4v) is 7.31. The number of aromatic nitrogens is 1. The van der Waals surface area contributed by atoms with Crippen LogP contribution in [0.25, 0.3) is 10.9 Å². The first-order valence-corrected chi connectivity index (χ1v) is 16.1. The number of carbonyl (C=O) groups excluding carboxylic acids is 1. The van der Waals surface area contributed by atoms with Gasteiger partial charge in [0.15, 0.2) is 6.29 Å². The second-order valence-electron chi connectivity index (χ2n) is 11.6. The average Bonchev–Trinajstić information content (AvgIpc) is 3.38. The van der Waals surface area contributed by atoms with Gasteiger partial charge in [0, 0.05) is 42.3 Å². The van der Waals surface area contributed by atoms with Crippen LogP contribution < -0.4 is 5.73 Å². The molecule has 0 atom stereocenters. The molecule has 0 bridgehead atoms. The van der Waals surface area contributed by atoms with Gasteiger partial charge in [-0.05, 0) is 88.6 Å². The van der Waals surface area contributed by atoms with Crippen molar-refractivity contribution < 1.29 is 4.79 Å². The molecule has 41 heavy (non-hydrogen) atoms. The molecule has 1 saturated heterocycles. The van der Waals surface area contributed by atoms with E-state index in [1.54, 1.807) is 22.7 Å². The summed E-state index contributed by atoms with van der Waals surface area (Å²) in [5, 5.41) is 2.18. The third-order valence-corrected chi connectivity index (χ3v) is 9.67. The number of thioether (sulfide) groups is 1. The summed E-state index contributed by atoms with van der Waals surface area (Å²) < 4.78 is 0. The van der Waals surface area contributed by atoms with Crippen LogP contribution in [0.1, 0.15) is 88.9 Å². The Kier molecular flexibility index (Phi) is 15.4. The summed E-state index contributed by atoms with van der Waals surface area (Å²) in [6.45, 7) is 22.4. The number of benzene rings is 1. The van der Waals surface area contributed by atoms with Crippen molar-refractivity contribution in [3.05, 3.63) is 77.3 Å². The Morgan fingerprint density at radius 3 is 2.46 bits per heavy atom. The molecule has 1 aromatic carbocycles. The van der Waals surface area contributed by atoms with E-state index in [-0.39, 0.29) is 0 Å². The minimum absolute atomic E-state index is 0.291. The monoisotopic (exact) mass is 578 g/mol. The highest BCUT2D eigenvalue weighted by Gasteiger charge is 2.33. The predicted octanol–water partition coefficient (Wildman–Crippen LogP) is 8.44. The molecule has 0 unspecified atom stereocenters. The molecule has 5 nitrogen and oxygen atoms in total. The lowest BCUT2D eigenvalue weighted by atomic mass is 9.87. The summed E-state index contributed by atoms with van der Waals surface area (Å²) in [6, 6.07) is 9.24. The fraction of sp³-hybridized carbons (Fsp3) is 0.543. The van der Waals surface area contributed by atoms with Crippen LogP contribution in [-0.2, 0) is 0 Å². The Hall–Kier alpha value is -2.41. The Bertz CT molecular complexity index is 1120. The smallest absolute Gasteiger partial charge is 0.150 e. The van der Waals surface area contributed by atoms with Crippen molar-refractivity contribution in [2.75, 3.05) is 33.2 Å². The molecule has 0 amide bonds. The highest BCUT2D eigenvalue weighted by Crippen LogP contribution is 2.40. The quantitative estimate of drug-likeness (QED) is 0.263. The Morgan fingerprint density at radius 1 is 1.10 bits per heavy atom. The standard InChI is InChI=1S/C22H38N2S.C10H7NO.C2H4.CH5N/c1-18-17-23(15-11-20-9-6-5-7-10-20)16-12-21(18)25-19(2)24-14-8-13-22(24,3)4;12-7-8-3-1-5-10-9(8)4-2-6-11-10;2*1-2/h20H,2,5-17H2,1,3-4H3;1-7H;1-2H2;2H2,1H3. The Labute approximate surface area is 254 Å². The summed E-state index contributed by atoms with van der Waals surface area (Å²) in [5.74, 6) is 1.01. The van der Waals surface area contributed by atoms with E-state index in [0.717, 1.165) is 23.1 Å². The number of nitrogens with zero attached hydrogens (tertiary/aromatic N) is 3. The molecule has 3 aliphatic rings. The van der Waals surface area contributed by atoms with Gasteiger partial charge in [-0.2, -0.15) is 0 Å². The van der Waals surface area contributed by atoms with Crippen LogP contribution in [0.5, 0.6) is 0 Å². The van der Waals surface area contributed by atoms with Gasteiger partial charge in [-0.1, -0.05) is 68.6 Å². The molecule has 0 spiro atoms. The summed E-state index contributed by atoms with van der Waals surface area (Å²) in [7, 11) is 1.50. The maximum Gasteiger partial charge on any atom is 0.150 e. The summed E-state index contributed by atoms with van der Waals surface area (Å²) in [4.78, 5) is 21.5. The minimum atomic E-state index is 0.291. The van der Waals surface area contributed by atoms with Gasteiger partial charge in [0.1, 0.15) is 0 Å². The van der Waals surface area contributed by atoms with E-state index in [1.165, 1.54) is 96.0 Å². The molecule has 2 fully saturated rings. The first kappa shape index (κ1) is 34.8. The summed E-state index contributed by atoms with van der Waals surface area (Å²) in [5.41, 5.74) is 7.93. The zero-order valence-electron chi connectivity index (χ0n) is 26.2. The van der Waals surface area contributed by atoms with Gasteiger partial charge in [0.05, 0.1) is 10.5 Å². The van der Waals surface area contributed by atoms with Gasteiger partial charge in [-0.15, -0.1) is 13.2 Å². The first-order valence-electron chi connectivity index (χ1n) is 15.3. The lowest BCUT2D eigenvalue weighted by Crippen LogP contribution is -2.36. The molecule has 2 N–H and O–H groups in total. The molecule has 2 aliphatic heterocycles. The van der Waals surface area contributed by atoms with Gasteiger partial charge in [-0.25, -0.2) is 0 Å². The van der Waals surface area contributed by atoms with E-state index < -0.39 is 0 Å². The van der Waals surface area contributed by atoms with Crippen molar-refractivity contribution in [2.24, 2.45) is 11.7 Å². The van der Waals surface area contributed by atoms with Gasteiger partial charge in [-0.3, -0.25) is 14.7 Å². The molecule has 1 saturated carbocycles. The van der Waals surface area contributed by atoms with E-state index in [9.17, 15) is 4.79 Å². The van der Waals surface area contributed by atoms with Crippen molar-refractivity contribution in [1.29, 1.82) is 0 Å². The molecular weight excluding hydrogens is 524 g/mol. The number of carbonyl (C=O) groups is 1. The molecule has 1 aliphatic carbocycles. The van der Waals surface area contributed by atoms with Crippen molar-refractivity contribution in [1.82, 2.24) is 14.8 Å². The zero-order valence-corrected chi connectivity index (χ0v) is 27.0. The van der Waals surface area contributed by atoms with Crippen LogP contribution in [0.4, 0.5) is 0 Å². The van der Waals surface area contributed by atoms with Gasteiger partial charge in [0.25, 0.3) is 0 Å². The second-order valence-corrected chi connectivity index (χ2v) is 12.8. The average molecular weight is 579 g/mol. The van der Waals surface area contributed by atoms with Gasteiger partial charge >= 0.3 is 0 Å². The number of rotatable bonds is 7. The van der Waals surface area contributed by atoms with E-state index in [0.29, 0.717) is 11.1 Å². The van der Waals surface area contributed by atoms with E-state index in [2.05, 4.69) is 61.0 Å². The number of fused-ring (bicyclic) bond motifs is 1. The first-order chi connectivity index (χ1) is 19.9. The molecule has 3 heterocycles. The molecular formula is C35H54N4OS. The van der Waals surface area contributed by atoms with Crippen LogP contribution in [-0.4, -0.2) is 59.8 Å². The normalized spacial score (nSPS) is 18.8. The Morgan fingerprint density at radius 2 is 1.83 bits per heavy atom. The maximum atomic E-state index is 10.6. The largest absolute Gasteiger partial charge is 0.361 e.